The van der Waals surface area contributed by atoms with Gasteiger partial charge in [0.15, 0.2) is 11.6 Å². The molecule has 0 amide bonds. The van der Waals surface area contributed by atoms with E-state index in [1.54, 1.807) is 7.05 Å². The number of hydrogen-bond acceptors (Lipinski definition) is 6. The third-order valence-corrected chi connectivity index (χ3v) is 3.10. The van der Waals surface area contributed by atoms with Gasteiger partial charge in [0.25, 0.3) is 0 Å². The molecule has 1 unspecified atom stereocenters. The molecular formula is C10H18N6O. The molecule has 7 heteroatoms. The number of aromatic nitrogens is 4. The first-order valence-corrected chi connectivity index (χ1v) is 5.70. The second-order valence-corrected chi connectivity index (χ2v) is 4.60. The Labute approximate surface area is 100 Å². The summed E-state index contributed by atoms with van der Waals surface area (Å²) < 4.78 is 0. The number of carbonyl (C=O) groups is 1. The van der Waals surface area contributed by atoms with E-state index in [1.807, 2.05) is 14.1 Å². The number of carbonyl (C=O) groups excluding carboxylic acids is 1. The van der Waals surface area contributed by atoms with Crippen molar-refractivity contribution in [3.05, 3.63) is 5.82 Å². The molecule has 2 heterocycles. The molecule has 7 nitrogen and oxygen atoms in total. The summed E-state index contributed by atoms with van der Waals surface area (Å²) in [6.45, 7) is 2.69. The zero-order valence-electron chi connectivity index (χ0n) is 10.5. The predicted octanol–water partition coefficient (Wildman–Crippen LogP) is -1.43. The van der Waals surface area contributed by atoms with Gasteiger partial charge < -0.3 is 4.90 Å². The van der Waals surface area contributed by atoms with Crippen molar-refractivity contribution in [1.29, 1.82) is 0 Å². The molecule has 1 aromatic heterocycles. The van der Waals surface area contributed by atoms with Crippen LogP contribution >= 0.6 is 0 Å². The van der Waals surface area contributed by atoms with E-state index in [2.05, 4.69) is 25.2 Å². The van der Waals surface area contributed by atoms with Crippen molar-refractivity contribution in [2.24, 2.45) is 7.05 Å². The van der Waals surface area contributed by atoms with Gasteiger partial charge in [0.05, 0.1) is 19.5 Å². The largest absolute Gasteiger partial charge is 0.303 e. The molecule has 0 saturated carbocycles. The van der Waals surface area contributed by atoms with E-state index >= 15 is 0 Å². The Bertz CT molecular complexity index is 403. The van der Waals surface area contributed by atoms with E-state index in [4.69, 9.17) is 0 Å². The van der Waals surface area contributed by atoms with Gasteiger partial charge in [-0.15, -0.1) is 10.2 Å². The standard InChI is InChI=1S/C10H18N6O/c1-14-4-5-15(2)8(7-14)9(17)6-10-11-13-16(3)12-10/h8H,4-7H2,1-3H3. The van der Waals surface area contributed by atoms with Crippen LogP contribution in [0.15, 0.2) is 0 Å². The predicted molar refractivity (Wildman–Crippen MR) is 61.4 cm³/mol. The van der Waals surface area contributed by atoms with Crippen LogP contribution < -0.4 is 0 Å². The monoisotopic (exact) mass is 238 g/mol. The third kappa shape index (κ3) is 2.86. The Kier molecular flexibility index (Phi) is 3.49. The van der Waals surface area contributed by atoms with Gasteiger partial charge in [-0.05, 0) is 19.3 Å². The highest BCUT2D eigenvalue weighted by atomic mass is 16.1. The van der Waals surface area contributed by atoms with E-state index in [-0.39, 0.29) is 18.2 Å². The number of aryl methyl sites for hydroxylation is 1. The zero-order chi connectivity index (χ0) is 12.4. The van der Waals surface area contributed by atoms with Crippen molar-refractivity contribution in [3.63, 3.8) is 0 Å². The molecule has 2 rings (SSSR count). The fraction of sp³-hybridized carbons (Fsp3) is 0.800. The molecule has 1 aliphatic rings. The van der Waals surface area contributed by atoms with Crippen LogP contribution in [0.3, 0.4) is 0 Å². The van der Waals surface area contributed by atoms with Crippen LogP contribution in [0.4, 0.5) is 0 Å². The van der Waals surface area contributed by atoms with Crippen LogP contribution in [-0.4, -0.2) is 75.6 Å². The number of Topliss-reactive ketones (excluding diaryl/α,β-unsaturated/α-hetero) is 1. The Morgan fingerprint density at radius 2 is 2.12 bits per heavy atom. The van der Waals surface area contributed by atoms with Crippen molar-refractivity contribution >= 4 is 5.78 Å². The molecule has 94 valence electrons. The third-order valence-electron chi connectivity index (χ3n) is 3.10. The number of tetrazole rings is 1. The van der Waals surface area contributed by atoms with E-state index in [1.165, 1.54) is 4.80 Å². The highest BCUT2D eigenvalue weighted by Gasteiger charge is 2.28. The number of hydrogen-bond donors (Lipinski definition) is 0. The SMILES string of the molecule is CN1CCN(C)C(C(=O)Cc2nnn(C)n2)C1. The van der Waals surface area contributed by atoms with Gasteiger partial charge in [-0.1, -0.05) is 0 Å². The average molecular weight is 238 g/mol. The van der Waals surface area contributed by atoms with Gasteiger partial charge in [0.1, 0.15) is 0 Å². The Morgan fingerprint density at radius 1 is 1.35 bits per heavy atom. The van der Waals surface area contributed by atoms with Crippen molar-refractivity contribution in [2.45, 2.75) is 12.5 Å². The number of piperazine rings is 1. The first-order chi connectivity index (χ1) is 8.06. The second-order valence-electron chi connectivity index (χ2n) is 4.60. The average Bonchev–Trinajstić information content (AvgIpc) is 2.67. The molecule has 17 heavy (non-hydrogen) atoms. The van der Waals surface area contributed by atoms with Gasteiger partial charge in [-0.2, -0.15) is 4.80 Å². The topological polar surface area (TPSA) is 67.2 Å². The molecule has 0 aliphatic carbocycles. The van der Waals surface area contributed by atoms with Crippen molar-refractivity contribution < 1.29 is 4.79 Å². The minimum absolute atomic E-state index is 0.0578. The molecule has 0 spiro atoms. The molecule has 1 aliphatic heterocycles. The van der Waals surface area contributed by atoms with Crippen LogP contribution in [0, 0.1) is 0 Å². The quantitative estimate of drug-likeness (QED) is 0.643. The van der Waals surface area contributed by atoms with Crippen LogP contribution in [0.1, 0.15) is 5.82 Å². The van der Waals surface area contributed by atoms with E-state index in [9.17, 15) is 4.79 Å². The highest BCUT2D eigenvalue weighted by Crippen LogP contribution is 2.08. The molecule has 0 bridgehead atoms. The van der Waals surface area contributed by atoms with Crippen LogP contribution in [0.2, 0.25) is 0 Å². The summed E-state index contributed by atoms with van der Waals surface area (Å²) in [5, 5.41) is 11.6. The van der Waals surface area contributed by atoms with E-state index in [0.29, 0.717) is 5.82 Å². The molecule has 1 atom stereocenters. The first-order valence-electron chi connectivity index (χ1n) is 5.70. The summed E-state index contributed by atoms with van der Waals surface area (Å²) in [6, 6.07) is -0.0578. The fourth-order valence-electron chi connectivity index (χ4n) is 2.03. The van der Waals surface area contributed by atoms with E-state index in [0.717, 1.165) is 19.6 Å². The summed E-state index contributed by atoms with van der Waals surface area (Å²) >= 11 is 0. The second kappa shape index (κ2) is 4.89. The van der Waals surface area contributed by atoms with Crippen LogP contribution in [-0.2, 0) is 18.3 Å². The molecule has 0 aromatic carbocycles. The summed E-state index contributed by atoms with van der Waals surface area (Å²) in [6.07, 6.45) is 0.261. The smallest absolute Gasteiger partial charge is 0.182 e. The number of rotatable bonds is 3. The van der Waals surface area contributed by atoms with Gasteiger partial charge in [-0.25, -0.2) is 0 Å². The summed E-state index contributed by atoms with van der Waals surface area (Å²) in [4.78, 5) is 17.8. The molecule has 0 radical (unpaired) electrons. The molecule has 1 fully saturated rings. The molecule has 1 saturated heterocycles. The maximum Gasteiger partial charge on any atom is 0.182 e. The van der Waals surface area contributed by atoms with Gasteiger partial charge >= 0.3 is 0 Å². The summed E-state index contributed by atoms with van der Waals surface area (Å²) in [7, 11) is 5.72. The lowest BCUT2D eigenvalue weighted by molar-refractivity contribution is -0.125. The lowest BCUT2D eigenvalue weighted by Crippen LogP contribution is -2.53. The van der Waals surface area contributed by atoms with Crippen LogP contribution in [0.25, 0.3) is 0 Å². The first kappa shape index (κ1) is 12.1. The van der Waals surface area contributed by atoms with Gasteiger partial charge in [-0.3, -0.25) is 9.69 Å². The maximum atomic E-state index is 12.1. The lowest BCUT2D eigenvalue weighted by atomic mass is 10.1. The highest BCUT2D eigenvalue weighted by molar-refractivity contribution is 5.85. The number of ketones is 1. The maximum absolute atomic E-state index is 12.1. The number of likely N-dealkylation sites (N-methyl/N-ethyl adjacent to an activating group) is 2. The molecular weight excluding hydrogens is 220 g/mol. The van der Waals surface area contributed by atoms with Crippen LogP contribution in [0.5, 0.6) is 0 Å². The normalized spacial score (nSPS) is 22.9. The van der Waals surface area contributed by atoms with Crippen molar-refractivity contribution in [1.82, 2.24) is 30.0 Å². The minimum atomic E-state index is -0.0578. The number of nitrogens with zero attached hydrogens (tertiary/aromatic N) is 6. The Hall–Kier alpha value is -1.34. The zero-order valence-corrected chi connectivity index (χ0v) is 10.5. The Morgan fingerprint density at radius 3 is 2.76 bits per heavy atom. The molecule has 0 N–H and O–H groups in total. The lowest BCUT2D eigenvalue weighted by Gasteiger charge is -2.36. The Balaban J connectivity index is 1.99. The molecule has 1 aromatic rings. The summed E-state index contributed by atoms with van der Waals surface area (Å²) in [5.41, 5.74) is 0. The fourth-order valence-corrected chi connectivity index (χ4v) is 2.03. The summed E-state index contributed by atoms with van der Waals surface area (Å²) in [5.74, 6) is 0.658. The minimum Gasteiger partial charge on any atom is -0.303 e. The van der Waals surface area contributed by atoms with Crippen molar-refractivity contribution in [2.75, 3.05) is 33.7 Å². The van der Waals surface area contributed by atoms with E-state index < -0.39 is 0 Å². The van der Waals surface area contributed by atoms with Gasteiger partial charge in [0, 0.05) is 19.6 Å². The van der Waals surface area contributed by atoms with Crippen molar-refractivity contribution in [3.8, 4) is 0 Å². The van der Waals surface area contributed by atoms with Gasteiger partial charge in [0.2, 0.25) is 0 Å².